The molecule has 1 aromatic heterocycles. The quantitative estimate of drug-likeness (QED) is 0.519. The van der Waals surface area contributed by atoms with Crippen molar-refractivity contribution >= 4 is 27.2 Å². The molecule has 2 nitrogen and oxygen atoms in total. The second-order valence-corrected chi connectivity index (χ2v) is 9.41. The first-order valence-corrected chi connectivity index (χ1v) is 11.2. The summed E-state index contributed by atoms with van der Waals surface area (Å²) in [6.45, 7) is 7.54. The van der Waals surface area contributed by atoms with E-state index in [1.807, 2.05) is 0 Å². The lowest BCUT2D eigenvalue weighted by Crippen LogP contribution is -2.34. The number of aryl methyl sites for hydroxylation is 2. The molecule has 0 atom stereocenters. The summed E-state index contributed by atoms with van der Waals surface area (Å²) in [6, 6.07) is 17.3. The minimum Gasteiger partial charge on any atom is -0.299 e. The van der Waals surface area contributed by atoms with Crippen molar-refractivity contribution in [1.29, 1.82) is 0 Å². The van der Waals surface area contributed by atoms with Crippen LogP contribution in [0.4, 0.5) is 0 Å². The van der Waals surface area contributed by atoms with Crippen molar-refractivity contribution in [3.8, 4) is 0 Å². The van der Waals surface area contributed by atoms with E-state index in [1.54, 1.807) is 11.3 Å². The largest absolute Gasteiger partial charge is 0.299 e. The van der Waals surface area contributed by atoms with E-state index in [0.717, 1.165) is 38.9 Å². The Labute approximate surface area is 172 Å². The van der Waals surface area contributed by atoms with Crippen LogP contribution in [0.25, 0.3) is 10.1 Å². The normalized spacial score (nSPS) is 15.9. The van der Waals surface area contributed by atoms with Crippen LogP contribution in [0.3, 0.4) is 0 Å². The van der Waals surface area contributed by atoms with Crippen LogP contribution in [0.2, 0.25) is 0 Å². The molecule has 0 unspecified atom stereocenters. The van der Waals surface area contributed by atoms with Crippen LogP contribution in [0, 0.1) is 19.8 Å². The third-order valence-corrected chi connectivity index (χ3v) is 7.29. The van der Waals surface area contributed by atoms with E-state index in [1.165, 1.54) is 31.7 Å². The van der Waals surface area contributed by atoms with Crippen LogP contribution >= 0.6 is 11.3 Å². The van der Waals surface area contributed by atoms with E-state index in [0.29, 0.717) is 18.1 Å². The molecule has 0 spiro atoms. The van der Waals surface area contributed by atoms with Gasteiger partial charge in [0.05, 0.1) is 0 Å². The van der Waals surface area contributed by atoms with E-state index in [2.05, 4.69) is 67.3 Å². The summed E-state index contributed by atoms with van der Waals surface area (Å²) in [5.41, 5.74) is 3.97. The Morgan fingerprint density at radius 2 is 1.82 bits per heavy atom. The number of benzene rings is 2. The van der Waals surface area contributed by atoms with Gasteiger partial charge in [0, 0.05) is 29.0 Å². The predicted octanol–water partition coefficient (Wildman–Crippen LogP) is 5.93. The molecule has 1 saturated heterocycles. The Bertz CT molecular complexity index is 951. The average Bonchev–Trinajstić information content (AvgIpc) is 2.99. The summed E-state index contributed by atoms with van der Waals surface area (Å²) >= 11 is 1.80. The lowest BCUT2D eigenvalue weighted by Gasteiger charge is -2.31. The second-order valence-electron chi connectivity index (χ2n) is 8.27. The van der Waals surface area contributed by atoms with Gasteiger partial charge in [-0.3, -0.25) is 9.69 Å². The molecular formula is C25H29NOS. The summed E-state index contributed by atoms with van der Waals surface area (Å²) in [7, 11) is 0. The summed E-state index contributed by atoms with van der Waals surface area (Å²) in [4.78, 5) is 16.5. The van der Waals surface area contributed by atoms with Gasteiger partial charge < -0.3 is 0 Å². The number of likely N-dealkylation sites (tertiary alicyclic amines) is 1. The topological polar surface area (TPSA) is 20.3 Å². The van der Waals surface area contributed by atoms with Crippen molar-refractivity contribution in [2.24, 2.45) is 5.92 Å². The molecule has 0 bridgehead atoms. The minimum atomic E-state index is 0.410. The third-order valence-electron chi connectivity index (χ3n) is 6.02. The molecule has 4 rings (SSSR count). The van der Waals surface area contributed by atoms with E-state index in [9.17, 15) is 4.79 Å². The highest BCUT2D eigenvalue weighted by Crippen LogP contribution is 2.32. The van der Waals surface area contributed by atoms with Crippen molar-refractivity contribution in [1.82, 2.24) is 4.90 Å². The van der Waals surface area contributed by atoms with Gasteiger partial charge in [-0.05, 0) is 68.3 Å². The highest BCUT2D eigenvalue weighted by Gasteiger charge is 2.22. The van der Waals surface area contributed by atoms with Gasteiger partial charge in [0.25, 0.3) is 0 Å². The van der Waals surface area contributed by atoms with Gasteiger partial charge in [0.15, 0.2) is 0 Å². The smallest absolute Gasteiger partial charge is 0.138 e. The van der Waals surface area contributed by atoms with E-state index >= 15 is 0 Å². The highest BCUT2D eigenvalue weighted by molar-refractivity contribution is 7.19. The number of ketones is 1. The molecule has 0 saturated carbocycles. The van der Waals surface area contributed by atoms with Gasteiger partial charge in [0.1, 0.15) is 5.78 Å². The number of thiophene rings is 1. The van der Waals surface area contributed by atoms with Crippen molar-refractivity contribution in [2.45, 2.75) is 46.1 Å². The molecule has 1 aliphatic heterocycles. The SMILES string of the molecule is Cc1ccc2sc(CC(=O)CC3CCN(Cc4ccccc4)CC3)c(C)c2c1. The maximum absolute atomic E-state index is 12.7. The van der Waals surface area contributed by atoms with Gasteiger partial charge in [-0.2, -0.15) is 0 Å². The minimum absolute atomic E-state index is 0.410. The lowest BCUT2D eigenvalue weighted by molar-refractivity contribution is -0.119. The molecule has 28 heavy (non-hydrogen) atoms. The lowest BCUT2D eigenvalue weighted by atomic mass is 9.90. The fraction of sp³-hybridized carbons (Fsp3) is 0.400. The molecule has 2 heterocycles. The summed E-state index contributed by atoms with van der Waals surface area (Å²) < 4.78 is 1.31. The molecule has 0 aliphatic carbocycles. The molecule has 146 valence electrons. The highest BCUT2D eigenvalue weighted by atomic mass is 32.1. The fourth-order valence-electron chi connectivity index (χ4n) is 4.32. The molecule has 2 aromatic carbocycles. The van der Waals surface area contributed by atoms with Crippen LogP contribution in [-0.2, 0) is 17.8 Å². The zero-order valence-electron chi connectivity index (χ0n) is 16.9. The van der Waals surface area contributed by atoms with Crippen LogP contribution in [-0.4, -0.2) is 23.8 Å². The molecule has 0 radical (unpaired) electrons. The maximum atomic E-state index is 12.7. The van der Waals surface area contributed by atoms with Gasteiger partial charge in [0.2, 0.25) is 0 Å². The maximum Gasteiger partial charge on any atom is 0.138 e. The molecule has 1 aliphatic rings. The molecular weight excluding hydrogens is 362 g/mol. The number of piperidine rings is 1. The van der Waals surface area contributed by atoms with Gasteiger partial charge in [-0.15, -0.1) is 11.3 Å². The zero-order chi connectivity index (χ0) is 19.5. The monoisotopic (exact) mass is 391 g/mol. The van der Waals surface area contributed by atoms with Crippen LogP contribution in [0.5, 0.6) is 0 Å². The zero-order valence-corrected chi connectivity index (χ0v) is 17.7. The predicted molar refractivity (Wildman–Crippen MR) is 119 cm³/mol. The number of carbonyl (C=O) groups is 1. The first kappa shape index (κ1) is 19.4. The van der Waals surface area contributed by atoms with Crippen molar-refractivity contribution < 1.29 is 4.79 Å². The van der Waals surface area contributed by atoms with Gasteiger partial charge >= 0.3 is 0 Å². The number of Topliss-reactive ketones (excluding diaryl/α,β-unsaturated/α-hetero) is 1. The van der Waals surface area contributed by atoms with E-state index in [4.69, 9.17) is 0 Å². The number of carbonyl (C=O) groups excluding carboxylic acids is 1. The molecule has 3 heteroatoms. The number of hydrogen-bond acceptors (Lipinski definition) is 3. The van der Waals surface area contributed by atoms with Crippen molar-refractivity contribution in [2.75, 3.05) is 13.1 Å². The molecule has 0 N–H and O–H groups in total. The summed E-state index contributed by atoms with van der Waals surface area (Å²) in [5, 5.41) is 1.32. The Morgan fingerprint density at radius 1 is 1.07 bits per heavy atom. The Hall–Kier alpha value is -1.97. The molecule has 1 fully saturated rings. The number of nitrogens with zero attached hydrogens (tertiary/aromatic N) is 1. The van der Waals surface area contributed by atoms with Crippen LogP contribution in [0.15, 0.2) is 48.5 Å². The average molecular weight is 392 g/mol. The van der Waals surface area contributed by atoms with Gasteiger partial charge in [-0.1, -0.05) is 48.0 Å². The number of fused-ring (bicyclic) bond motifs is 1. The van der Waals surface area contributed by atoms with Crippen molar-refractivity contribution in [3.63, 3.8) is 0 Å². The number of rotatable bonds is 6. The first-order chi connectivity index (χ1) is 13.6. The van der Waals surface area contributed by atoms with E-state index < -0.39 is 0 Å². The van der Waals surface area contributed by atoms with Gasteiger partial charge in [-0.25, -0.2) is 0 Å². The van der Waals surface area contributed by atoms with E-state index in [-0.39, 0.29) is 0 Å². The van der Waals surface area contributed by atoms with Crippen LogP contribution in [0.1, 0.15) is 40.8 Å². The Morgan fingerprint density at radius 3 is 2.57 bits per heavy atom. The standard InChI is InChI=1S/C25H29NOS/c1-18-8-9-24-23(14-18)19(2)25(28-24)16-22(27)15-20-10-12-26(13-11-20)17-21-6-4-3-5-7-21/h3-9,14,20H,10-13,15-17H2,1-2H3. The third kappa shape index (κ3) is 4.53. The van der Waals surface area contributed by atoms with Crippen LogP contribution < -0.4 is 0 Å². The second kappa shape index (κ2) is 8.59. The Balaban J connectivity index is 1.30. The first-order valence-electron chi connectivity index (χ1n) is 10.3. The Kier molecular flexibility index (Phi) is 5.93. The molecule has 3 aromatic rings. The molecule has 0 amide bonds. The number of hydrogen-bond donors (Lipinski definition) is 0. The fourth-order valence-corrected chi connectivity index (χ4v) is 5.54. The summed E-state index contributed by atoms with van der Waals surface area (Å²) in [6.07, 6.45) is 3.63. The summed E-state index contributed by atoms with van der Waals surface area (Å²) in [5.74, 6) is 0.962. The van der Waals surface area contributed by atoms with Crippen molar-refractivity contribution in [3.05, 3.63) is 70.1 Å².